The molecule has 0 spiro atoms. The van der Waals surface area contributed by atoms with Gasteiger partial charge in [-0.1, -0.05) is 56.0 Å². The Hall–Kier alpha value is -2.67. The molecule has 0 aliphatic carbocycles. The van der Waals surface area contributed by atoms with Gasteiger partial charge in [-0.25, -0.2) is 18.4 Å². The topological polar surface area (TPSA) is 84.0 Å². The minimum absolute atomic E-state index is 0.221. The summed E-state index contributed by atoms with van der Waals surface area (Å²) in [7, 11) is -3.78. The normalized spacial score (nSPS) is 11.6. The number of sulfonamides is 1. The second kappa shape index (κ2) is 9.22. The van der Waals surface area contributed by atoms with Crippen molar-refractivity contribution in [3.8, 4) is 0 Å². The number of nitrogens with one attached hydrogen (secondary N) is 2. The first-order valence-electron chi connectivity index (χ1n) is 10.0. The van der Waals surface area contributed by atoms with Crippen LogP contribution in [0.5, 0.6) is 0 Å². The third kappa shape index (κ3) is 5.23. The van der Waals surface area contributed by atoms with E-state index in [2.05, 4.69) is 26.9 Å². The molecular formula is C22H28N4O2S. The molecule has 0 fully saturated rings. The number of para-hydroxylation sites is 2. The molecule has 7 heteroatoms. The average molecular weight is 413 g/mol. The van der Waals surface area contributed by atoms with Crippen molar-refractivity contribution in [3.63, 3.8) is 0 Å². The number of rotatable bonds is 9. The van der Waals surface area contributed by atoms with Crippen LogP contribution < -0.4 is 10.0 Å². The van der Waals surface area contributed by atoms with E-state index < -0.39 is 10.0 Å². The van der Waals surface area contributed by atoms with E-state index in [-0.39, 0.29) is 10.7 Å². The molecule has 3 aromatic rings. The molecule has 6 nitrogen and oxygen atoms in total. The van der Waals surface area contributed by atoms with E-state index in [0.717, 1.165) is 30.3 Å². The lowest BCUT2D eigenvalue weighted by atomic mass is 10.2. The lowest BCUT2D eigenvalue weighted by Gasteiger charge is -2.15. The van der Waals surface area contributed by atoms with E-state index in [1.54, 1.807) is 19.1 Å². The van der Waals surface area contributed by atoms with Crippen molar-refractivity contribution in [2.75, 3.05) is 16.6 Å². The first-order valence-corrected chi connectivity index (χ1v) is 11.5. The summed E-state index contributed by atoms with van der Waals surface area (Å²) in [4.78, 5) is 9.38. The van der Waals surface area contributed by atoms with Crippen molar-refractivity contribution < 1.29 is 8.42 Å². The zero-order chi connectivity index (χ0) is 20.9. The Labute approximate surface area is 172 Å². The van der Waals surface area contributed by atoms with Gasteiger partial charge >= 0.3 is 0 Å². The van der Waals surface area contributed by atoms with Crippen LogP contribution >= 0.6 is 0 Å². The van der Waals surface area contributed by atoms with Crippen LogP contribution in [0.3, 0.4) is 0 Å². The summed E-state index contributed by atoms with van der Waals surface area (Å²) in [6.45, 7) is 6.61. The van der Waals surface area contributed by atoms with Gasteiger partial charge in [0.25, 0.3) is 10.0 Å². The minimum atomic E-state index is -3.78. The third-order valence-electron chi connectivity index (χ3n) is 4.74. The zero-order valence-corrected chi connectivity index (χ0v) is 18.0. The lowest BCUT2D eigenvalue weighted by Crippen LogP contribution is -2.18. The summed E-state index contributed by atoms with van der Waals surface area (Å²) in [6.07, 6.45) is 4.45. The maximum Gasteiger partial charge on any atom is 0.263 e. The van der Waals surface area contributed by atoms with Crippen molar-refractivity contribution in [2.24, 2.45) is 0 Å². The molecule has 1 heterocycles. The summed E-state index contributed by atoms with van der Waals surface area (Å²) >= 11 is 0. The number of benzene rings is 2. The van der Waals surface area contributed by atoms with Gasteiger partial charge in [0.05, 0.1) is 15.9 Å². The summed E-state index contributed by atoms with van der Waals surface area (Å²) in [5.41, 5.74) is 3.07. The standard InChI is InChI=1S/C22H28N4O2S/c1-4-5-6-9-14-23-21-22(25-19-11-8-7-10-18(19)24-21)26-29(27,28)20-13-12-16(2)15-17(20)3/h7-8,10-13,15H,4-6,9,14H2,1-3H3,(H,23,24)(H,25,26). The summed E-state index contributed by atoms with van der Waals surface area (Å²) < 4.78 is 28.7. The Morgan fingerprint density at radius 3 is 2.24 bits per heavy atom. The quantitative estimate of drug-likeness (QED) is 0.481. The third-order valence-corrected chi connectivity index (χ3v) is 6.24. The molecule has 2 aromatic carbocycles. The Kier molecular flexibility index (Phi) is 6.69. The van der Waals surface area contributed by atoms with E-state index in [4.69, 9.17) is 0 Å². The molecule has 29 heavy (non-hydrogen) atoms. The molecule has 0 saturated heterocycles. The van der Waals surface area contributed by atoms with E-state index in [1.807, 2.05) is 37.3 Å². The van der Waals surface area contributed by atoms with Crippen LogP contribution in [0.25, 0.3) is 11.0 Å². The van der Waals surface area contributed by atoms with Crippen LogP contribution in [-0.4, -0.2) is 24.9 Å². The fraction of sp³-hybridized carbons (Fsp3) is 0.364. The summed E-state index contributed by atoms with van der Waals surface area (Å²) in [5, 5.41) is 3.26. The van der Waals surface area contributed by atoms with Gasteiger partial charge < -0.3 is 5.32 Å². The Morgan fingerprint density at radius 1 is 0.897 bits per heavy atom. The van der Waals surface area contributed by atoms with Crippen molar-refractivity contribution in [1.29, 1.82) is 0 Å². The van der Waals surface area contributed by atoms with Gasteiger partial charge in [-0.15, -0.1) is 0 Å². The van der Waals surface area contributed by atoms with Crippen LogP contribution in [0, 0.1) is 13.8 Å². The van der Waals surface area contributed by atoms with E-state index in [9.17, 15) is 8.42 Å². The first kappa shape index (κ1) is 21.0. The second-order valence-electron chi connectivity index (χ2n) is 7.27. The van der Waals surface area contributed by atoms with E-state index in [1.165, 1.54) is 6.42 Å². The monoisotopic (exact) mass is 412 g/mol. The molecule has 0 radical (unpaired) electrons. The highest BCUT2D eigenvalue weighted by Gasteiger charge is 2.20. The average Bonchev–Trinajstić information content (AvgIpc) is 2.67. The molecule has 3 rings (SSSR count). The molecule has 0 aliphatic heterocycles. The Bertz CT molecular complexity index is 1100. The molecule has 2 N–H and O–H groups in total. The summed E-state index contributed by atoms with van der Waals surface area (Å²) in [6, 6.07) is 12.7. The maximum absolute atomic E-state index is 13.0. The van der Waals surface area contributed by atoms with Gasteiger partial charge in [0.15, 0.2) is 11.6 Å². The number of hydrogen-bond donors (Lipinski definition) is 2. The number of fused-ring (bicyclic) bond motifs is 1. The van der Waals surface area contributed by atoms with Gasteiger partial charge in [0.2, 0.25) is 0 Å². The van der Waals surface area contributed by atoms with Crippen molar-refractivity contribution >= 4 is 32.7 Å². The van der Waals surface area contributed by atoms with E-state index in [0.29, 0.717) is 23.4 Å². The van der Waals surface area contributed by atoms with Crippen molar-refractivity contribution in [2.45, 2.75) is 51.3 Å². The smallest absolute Gasteiger partial charge is 0.263 e. The summed E-state index contributed by atoms with van der Waals surface area (Å²) in [5.74, 6) is 0.674. The molecule has 1 aromatic heterocycles. The fourth-order valence-electron chi connectivity index (χ4n) is 3.24. The van der Waals surface area contributed by atoms with Gasteiger partial charge in [-0.2, -0.15) is 0 Å². The fourth-order valence-corrected chi connectivity index (χ4v) is 4.47. The van der Waals surface area contributed by atoms with Gasteiger partial charge in [-0.05, 0) is 44.0 Å². The SMILES string of the molecule is CCCCCCNc1nc2ccccc2nc1NS(=O)(=O)c1ccc(C)cc1C. The van der Waals surface area contributed by atoms with Crippen molar-refractivity contribution in [3.05, 3.63) is 53.6 Å². The highest BCUT2D eigenvalue weighted by molar-refractivity contribution is 7.92. The predicted molar refractivity (Wildman–Crippen MR) is 119 cm³/mol. The highest BCUT2D eigenvalue weighted by atomic mass is 32.2. The number of nitrogens with zero attached hydrogens (tertiary/aromatic N) is 2. The number of unbranched alkanes of at least 4 members (excludes halogenated alkanes) is 3. The second-order valence-corrected chi connectivity index (χ2v) is 8.92. The van der Waals surface area contributed by atoms with Crippen molar-refractivity contribution in [1.82, 2.24) is 9.97 Å². The van der Waals surface area contributed by atoms with Crippen LogP contribution in [0.2, 0.25) is 0 Å². The lowest BCUT2D eigenvalue weighted by molar-refractivity contribution is 0.600. The highest BCUT2D eigenvalue weighted by Crippen LogP contribution is 2.25. The molecule has 0 aliphatic rings. The van der Waals surface area contributed by atoms with Crippen LogP contribution in [0.1, 0.15) is 43.7 Å². The minimum Gasteiger partial charge on any atom is -0.367 e. The van der Waals surface area contributed by atoms with E-state index >= 15 is 0 Å². The molecule has 0 bridgehead atoms. The number of aromatic nitrogens is 2. The maximum atomic E-state index is 13.0. The number of anilines is 2. The number of hydrogen-bond acceptors (Lipinski definition) is 5. The predicted octanol–water partition coefficient (Wildman–Crippen LogP) is 5.04. The zero-order valence-electron chi connectivity index (χ0n) is 17.2. The Morgan fingerprint density at radius 2 is 1.59 bits per heavy atom. The Balaban J connectivity index is 1.92. The van der Waals surface area contributed by atoms with Crippen LogP contribution in [-0.2, 0) is 10.0 Å². The molecule has 0 amide bonds. The molecular weight excluding hydrogens is 384 g/mol. The van der Waals surface area contributed by atoms with Gasteiger partial charge in [0.1, 0.15) is 0 Å². The molecule has 0 saturated carbocycles. The van der Waals surface area contributed by atoms with Gasteiger partial charge in [-0.3, -0.25) is 4.72 Å². The van der Waals surface area contributed by atoms with Crippen LogP contribution in [0.4, 0.5) is 11.6 Å². The molecule has 0 atom stereocenters. The largest absolute Gasteiger partial charge is 0.367 e. The number of aryl methyl sites for hydroxylation is 2. The molecule has 0 unspecified atom stereocenters. The first-order chi connectivity index (χ1) is 13.9. The molecule has 154 valence electrons. The van der Waals surface area contributed by atoms with Crippen LogP contribution in [0.15, 0.2) is 47.4 Å². The van der Waals surface area contributed by atoms with Gasteiger partial charge in [0, 0.05) is 6.54 Å².